The molecule has 0 spiro atoms. The first-order valence-corrected chi connectivity index (χ1v) is 4.98. The molecule has 0 unspecified atom stereocenters. The largest absolute Gasteiger partial charge is 0.403 e. The number of nitrogens with one attached hydrogen (secondary N) is 1. The Morgan fingerprint density at radius 1 is 1.21 bits per heavy atom. The maximum Gasteiger partial charge on any atom is 0.403 e. The highest BCUT2D eigenvalue weighted by Crippen LogP contribution is 2.23. The summed E-state index contributed by atoms with van der Waals surface area (Å²) >= 11 is 0. The molecule has 2 nitrogen and oxygen atoms in total. The van der Waals surface area contributed by atoms with Gasteiger partial charge in [0, 0.05) is 12.1 Å². The minimum atomic E-state index is -4.14. The predicted molar refractivity (Wildman–Crippen MR) is 48.9 cm³/mol. The van der Waals surface area contributed by atoms with E-state index < -0.39 is 12.2 Å². The summed E-state index contributed by atoms with van der Waals surface area (Å²) in [4.78, 5) is 0. The van der Waals surface area contributed by atoms with E-state index in [-0.39, 0.29) is 12.1 Å². The molecule has 5 heteroatoms. The number of nitrogens with two attached hydrogens (primary N) is 1. The third kappa shape index (κ3) is 3.46. The highest BCUT2D eigenvalue weighted by Gasteiger charge is 2.37. The molecule has 84 valence electrons. The molecule has 0 radical (unpaired) electrons. The molecule has 1 aliphatic rings. The minimum Gasteiger partial charge on any atom is -0.328 e. The Morgan fingerprint density at radius 3 is 2.14 bits per heavy atom. The molecular formula is C9H17F3N2. The van der Waals surface area contributed by atoms with E-state index in [9.17, 15) is 13.2 Å². The lowest BCUT2D eigenvalue weighted by Gasteiger charge is -2.30. The van der Waals surface area contributed by atoms with Crippen LogP contribution < -0.4 is 11.1 Å². The van der Waals surface area contributed by atoms with Crippen LogP contribution in [0.15, 0.2) is 0 Å². The van der Waals surface area contributed by atoms with Gasteiger partial charge in [-0.25, -0.2) is 0 Å². The number of hydrogen-bond donors (Lipinski definition) is 2. The molecule has 1 atom stereocenters. The van der Waals surface area contributed by atoms with Crippen molar-refractivity contribution in [3.8, 4) is 0 Å². The van der Waals surface area contributed by atoms with Crippen LogP contribution in [0.2, 0.25) is 0 Å². The molecule has 0 aromatic carbocycles. The predicted octanol–water partition coefficient (Wildman–Crippen LogP) is 1.80. The van der Waals surface area contributed by atoms with E-state index in [1.54, 1.807) is 0 Å². The molecule has 0 aromatic rings. The first kappa shape index (κ1) is 11.8. The number of rotatable bonds is 2. The van der Waals surface area contributed by atoms with Crippen LogP contribution in [-0.4, -0.2) is 24.3 Å². The Morgan fingerprint density at radius 2 is 1.71 bits per heavy atom. The zero-order valence-corrected chi connectivity index (χ0v) is 8.27. The highest BCUT2D eigenvalue weighted by atomic mass is 19.4. The van der Waals surface area contributed by atoms with Gasteiger partial charge in [-0.05, 0) is 32.6 Å². The lowest BCUT2D eigenvalue weighted by molar-refractivity contribution is -0.153. The van der Waals surface area contributed by atoms with E-state index in [4.69, 9.17) is 5.73 Å². The van der Waals surface area contributed by atoms with Gasteiger partial charge in [0.05, 0.1) is 0 Å². The fraction of sp³-hybridized carbons (Fsp3) is 1.00. The molecule has 1 rings (SSSR count). The summed E-state index contributed by atoms with van der Waals surface area (Å²) in [5.74, 6) is 0. The number of halogens is 3. The third-order valence-corrected chi connectivity index (χ3v) is 2.75. The molecule has 0 aromatic heterocycles. The van der Waals surface area contributed by atoms with E-state index in [0.717, 1.165) is 32.6 Å². The van der Waals surface area contributed by atoms with Crippen molar-refractivity contribution in [2.45, 2.75) is 56.9 Å². The van der Waals surface area contributed by atoms with Crippen molar-refractivity contribution in [2.24, 2.45) is 5.73 Å². The van der Waals surface area contributed by atoms with Crippen LogP contribution in [-0.2, 0) is 0 Å². The fourth-order valence-corrected chi connectivity index (χ4v) is 1.73. The summed E-state index contributed by atoms with van der Waals surface area (Å²) in [5, 5.41) is 2.60. The maximum absolute atomic E-state index is 12.2. The van der Waals surface area contributed by atoms with Crippen LogP contribution in [0.25, 0.3) is 0 Å². The third-order valence-electron chi connectivity index (χ3n) is 2.75. The van der Waals surface area contributed by atoms with Gasteiger partial charge in [0.1, 0.15) is 6.04 Å². The van der Waals surface area contributed by atoms with Crippen LogP contribution in [0.3, 0.4) is 0 Å². The van der Waals surface area contributed by atoms with Crippen LogP contribution in [0, 0.1) is 0 Å². The molecule has 1 fully saturated rings. The van der Waals surface area contributed by atoms with Crippen molar-refractivity contribution in [2.75, 3.05) is 0 Å². The van der Waals surface area contributed by atoms with Crippen LogP contribution in [0.4, 0.5) is 13.2 Å². The van der Waals surface area contributed by atoms with Crippen molar-refractivity contribution in [1.82, 2.24) is 5.32 Å². The molecule has 3 N–H and O–H groups in total. The van der Waals surface area contributed by atoms with Gasteiger partial charge in [-0.15, -0.1) is 0 Å². The summed E-state index contributed by atoms with van der Waals surface area (Å²) in [7, 11) is 0. The molecule has 0 saturated heterocycles. The summed E-state index contributed by atoms with van der Waals surface area (Å²) in [6.45, 7) is 1.16. The lowest BCUT2D eigenvalue weighted by atomic mass is 9.91. The van der Waals surface area contributed by atoms with Gasteiger partial charge >= 0.3 is 6.18 Å². The van der Waals surface area contributed by atoms with Gasteiger partial charge in [0.25, 0.3) is 0 Å². The quantitative estimate of drug-likeness (QED) is 0.729. The van der Waals surface area contributed by atoms with Crippen LogP contribution in [0.1, 0.15) is 32.6 Å². The van der Waals surface area contributed by atoms with Gasteiger partial charge in [0.15, 0.2) is 0 Å². The smallest absolute Gasteiger partial charge is 0.328 e. The Hall–Kier alpha value is -0.290. The molecule has 0 amide bonds. The summed E-state index contributed by atoms with van der Waals surface area (Å²) in [6.07, 6.45) is -0.993. The number of alkyl halides is 3. The summed E-state index contributed by atoms with van der Waals surface area (Å²) < 4.78 is 36.6. The number of hydrogen-bond acceptors (Lipinski definition) is 2. The Balaban J connectivity index is 2.31. The second kappa shape index (κ2) is 4.49. The lowest BCUT2D eigenvalue weighted by Crippen LogP contribution is -2.47. The van der Waals surface area contributed by atoms with E-state index >= 15 is 0 Å². The topological polar surface area (TPSA) is 38.0 Å². The van der Waals surface area contributed by atoms with E-state index in [1.165, 1.54) is 0 Å². The second-order valence-corrected chi connectivity index (χ2v) is 4.04. The normalized spacial score (nSPS) is 31.5. The second-order valence-electron chi connectivity index (χ2n) is 4.04. The molecule has 1 saturated carbocycles. The van der Waals surface area contributed by atoms with E-state index in [2.05, 4.69) is 5.32 Å². The van der Waals surface area contributed by atoms with Gasteiger partial charge in [-0.2, -0.15) is 13.2 Å². The monoisotopic (exact) mass is 210 g/mol. The van der Waals surface area contributed by atoms with Gasteiger partial charge < -0.3 is 11.1 Å². The molecule has 0 aliphatic heterocycles. The first-order chi connectivity index (χ1) is 6.39. The van der Waals surface area contributed by atoms with Crippen molar-refractivity contribution in [3.63, 3.8) is 0 Å². The Labute approximate surface area is 82.0 Å². The summed E-state index contributed by atoms with van der Waals surface area (Å²) in [5.41, 5.74) is 5.66. The zero-order chi connectivity index (χ0) is 10.8. The molecule has 14 heavy (non-hydrogen) atoms. The van der Waals surface area contributed by atoms with Crippen LogP contribution >= 0.6 is 0 Å². The molecule has 1 aliphatic carbocycles. The van der Waals surface area contributed by atoms with Crippen LogP contribution in [0.5, 0.6) is 0 Å². The average molecular weight is 210 g/mol. The van der Waals surface area contributed by atoms with Crippen molar-refractivity contribution < 1.29 is 13.2 Å². The van der Waals surface area contributed by atoms with E-state index in [0.29, 0.717) is 0 Å². The summed E-state index contributed by atoms with van der Waals surface area (Å²) in [6, 6.07) is -1.26. The standard InChI is InChI=1S/C9H17F3N2/c1-6(9(10,11)12)14-8-4-2-7(13)3-5-8/h6-8,14H,2-5,13H2,1H3/t6-,7-,8-/m0/s1. The fourth-order valence-electron chi connectivity index (χ4n) is 1.73. The van der Waals surface area contributed by atoms with Crippen molar-refractivity contribution in [1.29, 1.82) is 0 Å². The zero-order valence-electron chi connectivity index (χ0n) is 8.27. The van der Waals surface area contributed by atoms with Gasteiger partial charge in [0.2, 0.25) is 0 Å². The minimum absolute atomic E-state index is 0.0218. The van der Waals surface area contributed by atoms with Crippen molar-refractivity contribution in [3.05, 3.63) is 0 Å². The maximum atomic E-state index is 12.2. The van der Waals surface area contributed by atoms with E-state index in [1.807, 2.05) is 0 Å². The Bertz CT molecular complexity index is 173. The van der Waals surface area contributed by atoms with Gasteiger partial charge in [-0.1, -0.05) is 0 Å². The Kier molecular flexibility index (Phi) is 3.78. The average Bonchev–Trinajstić information content (AvgIpc) is 2.07. The van der Waals surface area contributed by atoms with Gasteiger partial charge in [-0.3, -0.25) is 0 Å². The first-order valence-electron chi connectivity index (χ1n) is 4.98. The highest BCUT2D eigenvalue weighted by molar-refractivity contribution is 4.82. The SMILES string of the molecule is C[C@H](N[C@H]1CC[C@H](N)CC1)C(F)(F)F. The molecular weight excluding hydrogens is 193 g/mol. The van der Waals surface area contributed by atoms with Crippen molar-refractivity contribution >= 4 is 0 Å². The molecule has 0 bridgehead atoms. The molecule has 0 heterocycles.